The van der Waals surface area contributed by atoms with Gasteiger partial charge in [0.15, 0.2) is 11.6 Å². The molecule has 0 radical (unpaired) electrons. The number of carbonyl (C=O) groups is 1. The van der Waals surface area contributed by atoms with Crippen LogP contribution in [0.25, 0.3) is 21.9 Å². The van der Waals surface area contributed by atoms with Crippen molar-refractivity contribution in [1.82, 2.24) is 25.0 Å². The molecule has 4 rings (SSSR count). The average Bonchev–Trinajstić information content (AvgIpc) is 3.10. The van der Waals surface area contributed by atoms with Gasteiger partial charge in [0.05, 0.1) is 11.0 Å². The van der Waals surface area contributed by atoms with Crippen LogP contribution >= 0.6 is 0 Å². The molecule has 4 aromatic rings. The third-order valence-electron chi connectivity index (χ3n) is 3.77. The van der Waals surface area contributed by atoms with Gasteiger partial charge in [-0.3, -0.25) is 19.6 Å². The number of ketones is 1. The van der Waals surface area contributed by atoms with Crippen molar-refractivity contribution in [2.24, 2.45) is 7.05 Å². The van der Waals surface area contributed by atoms with Crippen molar-refractivity contribution in [2.75, 3.05) is 5.32 Å². The summed E-state index contributed by atoms with van der Waals surface area (Å²) >= 11 is 0. The molecule has 0 aliphatic heterocycles. The summed E-state index contributed by atoms with van der Waals surface area (Å²) in [4.78, 5) is 16.0. The Morgan fingerprint density at radius 2 is 2.17 bits per heavy atom. The van der Waals surface area contributed by atoms with Crippen molar-refractivity contribution in [3.8, 4) is 0 Å². The molecule has 0 unspecified atom stereocenters. The molecule has 0 aliphatic carbocycles. The molecule has 0 saturated heterocycles. The number of fused-ring (bicyclic) bond motifs is 2. The van der Waals surface area contributed by atoms with Crippen molar-refractivity contribution in [2.45, 2.75) is 6.92 Å². The molecule has 0 bridgehead atoms. The van der Waals surface area contributed by atoms with Crippen LogP contribution in [-0.4, -0.2) is 30.7 Å². The first-order valence-electron chi connectivity index (χ1n) is 7.17. The number of nitrogens with zero attached hydrogens (tertiary/aromatic N) is 4. The summed E-state index contributed by atoms with van der Waals surface area (Å²) in [6.45, 7) is 1.52. The minimum absolute atomic E-state index is 0.0428. The minimum atomic E-state index is -0.0428. The molecule has 0 amide bonds. The number of aryl methyl sites for hydroxylation is 1. The van der Waals surface area contributed by atoms with Crippen molar-refractivity contribution in [3.05, 3.63) is 42.2 Å². The Balaban J connectivity index is 1.78. The second-order valence-corrected chi connectivity index (χ2v) is 5.36. The lowest BCUT2D eigenvalue weighted by atomic mass is 10.1. The monoisotopic (exact) mass is 306 g/mol. The quantitative estimate of drug-likeness (QED) is 0.568. The van der Waals surface area contributed by atoms with Crippen LogP contribution in [0.15, 0.2) is 36.5 Å². The highest BCUT2D eigenvalue weighted by Gasteiger charge is 2.13. The van der Waals surface area contributed by atoms with Gasteiger partial charge in [0.2, 0.25) is 0 Å². The summed E-state index contributed by atoms with van der Waals surface area (Å²) in [5.41, 5.74) is 3.88. The molecule has 3 heterocycles. The molecule has 7 nitrogen and oxygen atoms in total. The molecular weight excluding hydrogens is 292 g/mol. The Morgan fingerprint density at radius 1 is 1.30 bits per heavy atom. The number of aromatic amines is 1. The zero-order valence-electron chi connectivity index (χ0n) is 12.7. The number of Topliss-reactive ketones (excluding diaryl/α,β-unsaturated/α-hetero) is 1. The van der Waals surface area contributed by atoms with Gasteiger partial charge in [-0.25, -0.2) is 0 Å². The average molecular weight is 306 g/mol. The van der Waals surface area contributed by atoms with Gasteiger partial charge >= 0.3 is 0 Å². The Kier molecular flexibility index (Phi) is 2.87. The summed E-state index contributed by atoms with van der Waals surface area (Å²) in [5.74, 6) is 0.618. The molecule has 0 aliphatic rings. The van der Waals surface area contributed by atoms with Crippen LogP contribution in [-0.2, 0) is 7.05 Å². The Labute approximate surface area is 131 Å². The second kappa shape index (κ2) is 4.91. The summed E-state index contributed by atoms with van der Waals surface area (Å²) in [5, 5.41) is 15.6. The van der Waals surface area contributed by atoms with Gasteiger partial charge in [0.25, 0.3) is 0 Å². The van der Waals surface area contributed by atoms with E-state index in [-0.39, 0.29) is 5.78 Å². The first-order valence-corrected chi connectivity index (χ1v) is 7.17. The van der Waals surface area contributed by atoms with Crippen LogP contribution in [0.4, 0.5) is 11.5 Å². The molecule has 3 aromatic heterocycles. The van der Waals surface area contributed by atoms with E-state index in [2.05, 4.69) is 25.6 Å². The molecule has 2 N–H and O–H groups in total. The van der Waals surface area contributed by atoms with Gasteiger partial charge in [-0.05, 0) is 30.3 Å². The van der Waals surface area contributed by atoms with E-state index in [1.54, 1.807) is 10.9 Å². The van der Waals surface area contributed by atoms with Gasteiger partial charge in [0.1, 0.15) is 11.2 Å². The van der Waals surface area contributed by atoms with Crippen LogP contribution in [0.1, 0.15) is 17.4 Å². The van der Waals surface area contributed by atoms with Crippen LogP contribution in [0, 0.1) is 0 Å². The van der Waals surface area contributed by atoms with E-state index in [1.807, 2.05) is 37.4 Å². The number of anilines is 2. The molecule has 7 heteroatoms. The van der Waals surface area contributed by atoms with Gasteiger partial charge in [0, 0.05) is 31.2 Å². The van der Waals surface area contributed by atoms with E-state index in [1.165, 1.54) is 6.92 Å². The standard InChI is InChI=1S/C16H14N6O/c1-9(23)14-11-6-5-10(8-13(11)22(2)21-14)18-16-15-12(19-20-16)4-3-7-17-15/h3-8H,1-2H3,(H2,18,19,20). The number of nitrogens with one attached hydrogen (secondary N) is 2. The van der Waals surface area contributed by atoms with E-state index >= 15 is 0 Å². The maximum atomic E-state index is 11.6. The molecule has 0 saturated carbocycles. The van der Waals surface area contributed by atoms with Crippen molar-refractivity contribution in [3.63, 3.8) is 0 Å². The normalized spacial score (nSPS) is 11.2. The van der Waals surface area contributed by atoms with Gasteiger partial charge < -0.3 is 5.32 Å². The molecule has 114 valence electrons. The van der Waals surface area contributed by atoms with Crippen molar-refractivity contribution < 1.29 is 4.79 Å². The predicted octanol–water partition coefficient (Wildman–Crippen LogP) is 2.79. The fraction of sp³-hybridized carbons (Fsp3) is 0.125. The van der Waals surface area contributed by atoms with Gasteiger partial charge in [-0.2, -0.15) is 10.2 Å². The molecule has 0 fully saturated rings. The molecule has 0 spiro atoms. The minimum Gasteiger partial charge on any atom is -0.337 e. The van der Waals surface area contributed by atoms with Crippen molar-refractivity contribution in [1.29, 1.82) is 0 Å². The summed E-state index contributed by atoms with van der Waals surface area (Å²) < 4.78 is 1.71. The smallest absolute Gasteiger partial charge is 0.180 e. The summed E-state index contributed by atoms with van der Waals surface area (Å²) in [6, 6.07) is 9.51. The summed E-state index contributed by atoms with van der Waals surface area (Å²) in [6.07, 6.45) is 1.73. The van der Waals surface area contributed by atoms with Crippen molar-refractivity contribution >= 4 is 39.2 Å². The third kappa shape index (κ3) is 2.13. The number of carbonyl (C=O) groups excluding carboxylic acids is 1. The second-order valence-electron chi connectivity index (χ2n) is 5.36. The number of benzene rings is 1. The Bertz CT molecular complexity index is 1050. The van der Waals surface area contributed by atoms with Gasteiger partial charge in [-0.1, -0.05) is 0 Å². The number of hydrogen-bond acceptors (Lipinski definition) is 5. The number of hydrogen-bond donors (Lipinski definition) is 2. The highest BCUT2D eigenvalue weighted by Crippen LogP contribution is 2.26. The Hall–Kier alpha value is -3.22. The molecular formula is C16H14N6O. The van der Waals surface area contributed by atoms with Crippen LogP contribution in [0.3, 0.4) is 0 Å². The van der Waals surface area contributed by atoms with E-state index in [0.29, 0.717) is 11.5 Å². The maximum Gasteiger partial charge on any atom is 0.180 e. The van der Waals surface area contributed by atoms with E-state index < -0.39 is 0 Å². The number of aromatic nitrogens is 5. The number of pyridine rings is 1. The molecule has 1 aromatic carbocycles. The van der Waals surface area contributed by atoms with Crippen LogP contribution in [0.2, 0.25) is 0 Å². The lowest BCUT2D eigenvalue weighted by Crippen LogP contribution is -1.96. The van der Waals surface area contributed by atoms with Crippen LogP contribution in [0.5, 0.6) is 0 Å². The highest BCUT2D eigenvalue weighted by atomic mass is 16.1. The fourth-order valence-electron chi connectivity index (χ4n) is 2.67. The third-order valence-corrected chi connectivity index (χ3v) is 3.77. The van der Waals surface area contributed by atoms with E-state index in [4.69, 9.17) is 0 Å². The molecule has 0 atom stereocenters. The highest BCUT2D eigenvalue weighted by molar-refractivity contribution is 6.05. The largest absolute Gasteiger partial charge is 0.337 e. The Morgan fingerprint density at radius 3 is 3.00 bits per heavy atom. The zero-order valence-corrected chi connectivity index (χ0v) is 12.7. The van der Waals surface area contributed by atoms with E-state index in [0.717, 1.165) is 27.6 Å². The summed E-state index contributed by atoms with van der Waals surface area (Å²) in [7, 11) is 1.82. The van der Waals surface area contributed by atoms with Gasteiger partial charge in [-0.15, -0.1) is 0 Å². The lowest BCUT2D eigenvalue weighted by molar-refractivity contribution is 0.101. The molecule has 23 heavy (non-hydrogen) atoms. The maximum absolute atomic E-state index is 11.6. The number of rotatable bonds is 3. The zero-order chi connectivity index (χ0) is 16.0. The SMILES string of the molecule is CC(=O)c1nn(C)c2cc(Nc3n[nH]c4cccnc34)ccc12. The predicted molar refractivity (Wildman–Crippen MR) is 87.9 cm³/mol. The number of H-pyrrole nitrogens is 1. The lowest BCUT2D eigenvalue weighted by Gasteiger charge is -2.04. The van der Waals surface area contributed by atoms with E-state index in [9.17, 15) is 4.79 Å². The fourth-order valence-corrected chi connectivity index (χ4v) is 2.67. The first kappa shape index (κ1) is 13.4. The topological polar surface area (TPSA) is 88.5 Å². The first-order chi connectivity index (χ1) is 11.1. The van der Waals surface area contributed by atoms with Crippen LogP contribution < -0.4 is 5.32 Å².